The van der Waals surface area contributed by atoms with Gasteiger partial charge in [0, 0.05) is 20.0 Å². The third kappa shape index (κ3) is 2.59. The summed E-state index contributed by atoms with van der Waals surface area (Å²) in [6, 6.07) is 18.8. The fourth-order valence-corrected chi connectivity index (χ4v) is 4.56. The maximum Gasteiger partial charge on any atom is 0.233 e. The van der Waals surface area contributed by atoms with Crippen LogP contribution in [0.1, 0.15) is 33.3 Å². The average molecular weight is 348 g/mol. The van der Waals surface area contributed by atoms with Gasteiger partial charge in [0.25, 0.3) is 0 Å². The molecular formula is C24H29NO. The van der Waals surface area contributed by atoms with E-state index in [1.54, 1.807) is 4.90 Å². The first-order valence-corrected chi connectivity index (χ1v) is 9.26. The number of carbonyl (C=O) groups excluding carboxylic acids is 1. The van der Waals surface area contributed by atoms with Crippen molar-refractivity contribution in [2.24, 2.45) is 11.3 Å². The molecule has 1 aliphatic rings. The second-order valence-corrected chi connectivity index (χ2v) is 8.36. The van der Waals surface area contributed by atoms with Crippen molar-refractivity contribution in [3.05, 3.63) is 71.8 Å². The van der Waals surface area contributed by atoms with E-state index in [9.17, 15) is 4.79 Å². The van der Waals surface area contributed by atoms with Gasteiger partial charge in [0.1, 0.15) is 0 Å². The molecule has 1 saturated carbocycles. The Hall–Kier alpha value is -2.35. The molecule has 136 valence electrons. The smallest absolute Gasteiger partial charge is 0.233 e. The number of likely N-dealkylation sites (N-methyl/N-ethyl adjacent to an activating group) is 1. The minimum absolute atomic E-state index is 0.128. The molecule has 26 heavy (non-hydrogen) atoms. The molecule has 1 fully saturated rings. The molecule has 2 heteroatoms. The van der Waals surface area contributed by atoms with Gasteiger partial charge < -0.3 is 4.90 Å². The average Bonchev–Trinajstić information content (AvgIpc) is 3.09. The third-order valence-electron chi connectivity index (χ3n) is 5.86. The molecule has 0 aromatic heterocycles. The molecule has 0 aliphatic heterocycles. The predicted molar refractivity (Wildman–Crippen MR) is 109 cm³/mol. The number of hydrogen-bond acceptors (Lipinski definition) is 1. The summed E-state index contributed by atoms with van der Waals surface area (Å²) in [5.41, 5.74) is 4.05. The van der Waals surface area contributed by atoms with Crippen LogP contribution in [0.4, 0.5) is 0 Å². The van der Waals surface area contributed by atoms with Crippen molar-refractivity contribution in [1.82, 2.24) is 4.90 Å². The summed E-state index contributed by atoms with van der Waals surface area (Å²) in [7, 11) is 3.73. The molecule has 0 spiro atoms. The number of rotatable bonds is 4. The van der Waals surface area contributed by atoms with Crippen LogP contribution in [0.15, 0.2) is 66.2 Å². The molecule has 2 aromatic carbocycles. The Bertz CT molecular complexity index is 844. The van der Waals surface area contributed by atoms with Crippen molar-refractivity contribution < 1.29 is 4.79 Å². The Kier molecular flexibility index (Phi) is 4.56. The van der Waals surface area contributed by atoms with Crippen LogP contribution in [0, 0.1) is 11.3 Å². The SMILES string of the molecule is CC(C)=CC1C(C)(C)C1(C(=O)N(C)C)c1ccccc1-c1ccccc1. The minimum atomic E-state index is -0.528. The summed E-state index contributed by atoms with van der Waals surface area (Å²) in [5.74, 6) is 0.383. The highest BCUT2D eigenvalue weighted by Gasteiger charge is 2.75. The summed E-state index contributed by atoms with van der Waals surface area (Å²) < 4.78 is 0. The number of amides is 1. The number of nitrogens with zero attached hydrogens (tertiary/aromatic N) is 1. The molecule has 0 N–H and O–H groups in total. The Balaban J connectivity index is 2.27. The molecule has 2 atom stereocenters. The van der Waals surface area contributed by atoms with Crippen molar-refractivity contribution in [3.63, 3.8) is 0 Å². The molecule has 2 aromatic rings. The number of benzene rings is 2. The van der Waals surface area contributed by atoms with E-state index in [1.807, 2.05) is 20.2 Å². The molecule has 0 bridgehead atoms. The van der Waals surface area contributed by atoms with Gasteiger partial charge in [-0.1, -0.05) is 80.1 Å². The zero-order valence-electron chi connectivity index (χ0n) is 16.7. The van der Waals surface area contributed by atoms with Gasteiger partial charge in [0.15, 0.2) is 0 Å². The summed E-state index contributed by atoms with van der Waals surface area (Å²) in [6.07, 6.45) is 2.28. The van der Waals surface area contributed by atoms with Gasteiger partial charge in [-0.15, -0.1) is 0 Å². The van der Waals surface area contributed by atoms with Gasteiger partial charge in [-0.2, -0.15) is 0 Å². The van der Waals surface area contributed by atoms with Crippen LogP contribution in [0.25, 0.3) is 11.1 Å². The first-order chi connectivity index (χ1) is 12.2. The topological polar surface area (TPSA) is 20.3 Å². The van der Waals surface area contributed by atoms with Crippen molar-refractivity contribution >= 4 is 5.91 Å². The van der Waals surface area contributed by atoms with E-state index in [2.05, 4.69) is 82.3 Å². The molecule has 0 radical (unpaired) electrons. The third-order valence-corrected chi connectivity index (χ3v) is 5.86. The second-order valence-electron chi connectivity index (χ2n) is 8.36. The van der Waals surface area contributed by atoms with Crippen molar-refractivity contribution in [2.75, 3.05) is 14.1 Å². The van der Waals surface area contributed by atoms with Crippen LogP contribution < -0.4 is 0 Å². The van der Waals surface area contributed by atoms with Crippen LogP contribution in [-0.4, -0.2) is 24.9 Å². The van der Waals surface area contributed by atoms with Crippen molar-refractivity contribution in [2.45, 2.75) is 33.1 Å². The standard InChI is InChI=1S/C24H29NO/c1-17(2)16-21-23(3,4)24(21,22(26)25(5)6)20-15-11-10-14-19(20)18-12-8-7-9-13-18/h7-16,21H,1-6H3. The maximum atomic E-state index is 13.5. The van der Waals surface area contributed by atoms with E-state index in [0.717, 1.165) is 16.7 Å². The van der Waals surface area contributed by atoms with Gasteiger partial charge in [-0.05, 0) is 36.0 Å². The quantitative estimate of drug-likeness (QED) is 0.687. The Morgan fingerprint density at radius 1 is 0.962 bits per heavy atom. The lowest BCUT2D eigenvalue weighted by molar-refractivity contribution is -0.132. The van der Waals surface area contributed by atoms with Crippen molar-refractivity contribution in [1.29, 1.82) is 0 Å². The summed E-state index contributed by atoms with van der Waals surface area (Å²) in [6.45, 7) is 8.67. The molecule has 2 unspecified atom stereocenters. The number of hydrogen-bond donors (Lipinski definition) is 0. The van der Waals surface area contributed by atoms with Crippen LogP contribution in [0.2, 0.25) is 0 Å². The largest absolute Gasteiger partial charge is 0.348 e. The zero-order chi connectivity index (χ0) is 19.1. The first kappa shape index (κ1) is 18.4. The van der Waals surface area contributed by atoms with Gasteiger partial charge in [0.2, 0.25) is 5.91 Å². The second kappa shape index (κ2) is 6.42. The summed E-state index contributed by atoms with van der Waals surface area (Å²) in [4.78, 5) is 15.3. The van der Waals surface area contributed by atoms with Gasteiger partial charge in [-0.25, -0.2) is 0 Å². The fraction of sp³-hybridized carbons (Fsp3) is 0.375. The lowest BCUT2D eigenvalue weighted by Crippen LogP contribution is -2.38. The van der Waals surface area contributed by atoms with Gasteiger partial charge in [-0.3, -0.25) is 4.79 Å². The normalized spacial score (nSPS) is 23.2. The monoisotopic (exact) mass is 347 g/mol. The highest BCUT2D eigenvalue weighted by molar-refractivity contribution is 5.96. The minimum Gasteiger partial charge on any atom is -0.348 e. The van der Waals surface area contributed by atoms with Crippen LogP contribution in [0.3, 0.4) is 0 Å². The lowest BCUT2D eigenvalue weighted by atomic mass is 9.81. The number of allylic oxidation sites excluding steroid dienone is 2. The van der Waals surface area contributed by atoms with Crippen LogP contribution in [-0.2, 0) is 10.2 Å². The van der Waals surface area contributed by atoms with E-state index >= 15 is 0 Å². The maximum absolute atomic E-state index is 13.5. The lowest BCUT2D eigenvalue weighted by Gasteiger charge is -2.26. The molecule has 1 amide bonds. The Morgan fingerprint density at radius 2 is 1.54 bits per heavy atom. The molecule has 2 nitrogen and oxygen atoms in total. The summed E-state index contributed by atoms with van der Waals surface area (Å²) >= 11 is 0. The first-order valence-electron chi connectivity index (χ1n) is 9.26. The Morgan fingerprint density at radius 3 is 2.12 bits per heavy atom. The molecule has 3 rings (SSSR count). The van der Waals surface area contributed by atoms with Crippen LogP contribution in [0.5, 0.6) is 0 Å². The highest BCUT2D eigenvalue weighted by Crippen LogP contribution is 2.71. The molecular weight excluding hydrogens is 318 g/mol. The zero-order valence-corrected chi connectivity index (χ0v) is 16.7. The highest BCUT2D eigenvalue weighted by atomic mass is 16.2. The van der Waals surface area contributed by atoms with E-state index in [1.165, 1.54) is 5.57 Å². The molecule has 1 aliphatic carbocycles. The van der Waals surface area contributed by atoms with Crippen molar-refractivity contribution in [3.8, 4) is 11.1 Å². The number of carbonyl (C=O) groups is 1. The van der Waals surface area contributed by atoms with E-state index in [4.69, 9.17) is 0 Å². The summed E-state index contributed by atoms with van der Waals surface area (Å²) in [5, 5.41) is 0. The van der Waals surface area contributed by atoms with E-state index in [0.29, 0.717) is 0 Å². The van der Waals surface area contributed by atoms with Gasteiger partial charge in [0.05, 0.1) is 5.41 Å². The molecule has 0 saturated heterocycles. The fourth-order valence-electron chi connectivity index (χ4n) is 4.56. The van der Waals surface area contributed by atoms with Gasteiger partial charge >= 0.3 is 0 Å². The van der Waals surface area contributed by atoms with Crippen LogP contribution >= 0.6 is 0 Å². The Labute approximate surface area is 157 Å². The predicted octanol–water partition coefficient (Wildman–Crippen LogP) is 5.30. The van der Waals surface area contributed by atoms with E-state index < -0.39 is 5.41 Å². The van der Waals surface area contributed by atoms with E-state index in [-0.39, 0.29) is 17.2 Å². The molecule has 0 heterocycles.